The molecular weight excluding hydrogens is 298 g/mol. The number of hydrogen-bond acceptors (Lipinski definition) is 5. The van der Waals surface area contributed by atoms with Crippen molar-refractivity contribution in [1.29, 1.82) is 0 Å². The first kappa shape index (κ1) is 15.2. The standard InChI is InChI=1S/C15H17N5O3/c1-23-10-15(22)20-6-4-11-8-12(2-3-13(11)20)17-14(21)9-19-7-5-16-18-19/h2-3,5,7-8H,4,6,9-10H2,1H3,(H,17,21). The topological polar surface area (TPSA) is 89.4 Å². The summed E-state index contributed by atoms with van der Waals surface area (Å²) in [6, 6.07) is 5.53. The minimum Gasteiger partial charge on any atom is -0.375 e. The molecule has 23 heavy (non-hydrogen) atoms. The summed E-state index contributed by atoms with van der Waals surface area (Å²) >= 11 is 0. The molecule has 0 saturated carbocycles. The molecule has 2 heterocycles. The van der Waals surface area contributed by atoms with Crippen LogP contribution in [0.3, 0.4) is 0 Å². The van der Waals surface area contributed by atoms with Gasteiger partial charge in [0.1, 0.15) is 13.2 Å². The number of nitrogens with zero attached hydrogens (tertiary/aromatic N) is 4. The second-order valence-corrected chi connectivity index (χ2v) is 5.22. The monoisotopic (exact) mass is 315 g/mol. The summed E-state index contributed by atoms with van der Waals surface area (Å²) in [6.07, 6.45) is 3.91. The lowest BCUT2D eigenvalue weighted by Gasteiger charge is -2.17. The number of ether oxygens (including phenoxy) is 1. The van der Waals surface area contributed by atoms with Gasteiger partial charge in [0.25, 0.3) is 5.91 Å². The van der Waals surface area contributed by atoms with E-state index in [1.807, 2.05) is 12.1 Å². The molecule has 1 aromatic carbocycles. The van der Waals surface area contributed by atoms with Crippen LogP contribution in [0.15, 0.2) is 30.6 Å². The van der Waals surface area contributed by atoms with E-state index in [2.05, 4.69) is 15.6 Å². The second kappa shape index (κ2) is 6.57. The minimum absolute atomic E-state index is 0.0609. The van der Waals surface area contributed by atoms with Crippen LogP contribution in [-0.4, -0.2) is 47.1 Å². The van der Waals surface area contributed by atoms with E-state index in [-0.39, 0.29) is 25.0 Å². The number of fused-ring (bicyclic) bond motifs is 1. The Morgan fingerprint density at radius 1 is 1.39 bits per heavy atom. The third-order valence-corrected chi connectivity index (χ3v) is 3.61. The molecule has 0 bridgehead atoms. The van der Waals surface area contributed by atoms with Gasteiger partial charge in [0.15, 0.2) is 0 Å². The van der Waals surface area contributed by atoms with Crippen LogP contribution in [-0.2, 0) is 27.3 Å². The van der Waals surface area contributed by atoms with E-state index in [1.165, 1.54) is 18.0 Å². The van der Waals surface area contributed by atoms with Crippen molar-refractivity contribution in [1.82, 2.24) is 15.0 Å². The molecule has 1 aliphatic rings. The minimum atomic E-state index is -0.180. The van der Waals surface area contributed by atoms with Crippen LogP contribution in [0.5, 0.6) is 0 Å². The molecule has 0 aliphatic carbocycles. The summed E-state index contributed by atoms with van der Waals surface area (Å²) < 4.78 is 6.35. The maximum Gasteiger partial charge on any atom is 0.252 e. The van der Waals surface area contributed by atoms with Crippen LogP contribution >= 0.6 is 0 Å². The molecule has 2 aromatic rings. The quantitative estimate of drug-likeness (QED) is 0.865. The van der Waals surface area contributed by atoms with E-state index in [4.69, 9.17) is 4.74 Å². The summed E-state index contributed by atoms with van der Waals surface area (Å²) in [4.78, 5) is 25.6. The van der Waals surface area contributed by atoms with Crippen molar-refractivity contribution in [2.45, 2.75) is 13.0 Å². The molecule has 1 aliphatic heterocycles. The molecule has 2 amide bonds. The van der Waals surface area contributed by atoms with Crippen molar-refractivity contribution >= 4 is 23.2 Å². The summed E-state index contributed by atoms with van der Waals surface area (Å²) in [5, 5.41) is 10.2. The van der Waals surface area contributed by atoms with Gasteiger partial charge in [-0.15, -0.1) is 5.10 Å². The van der Waals surface area contributed by atoms with Crippen LogP contribution in [0.25, 0.3) is 0 Å². The average molecular weight is 315 g/mol. The molecular formula is C15H17N5O3. The normalized spacial score (nSPS) is 13.0. The lowest BCUT2D eigenvalue weighted by Crippen LogP contribution is -2.31. The van der Waals surface area contributed by atoms with E-state index in [0.717, 1.165) is 17.7 Å². The van der Waals surface area contributed by atoms with Crippen molar-refractivity contribution in [2.75, 3.05) is 30.5 Å². The number of hydrogen-bond donors (Lipinski definition) is 1. The highest BCUT2D eigenvalue weighted by atomic mass is 16.5. The number of anilines is 2. The molecule has 1 aromatic heterocycles. The fraction of sp³-hybridized carbons (Fsp3) is 0.333. The van der Waals surface area contributed by atoms with E-state index in [0.29, 0.717) is 12.2 Å². The zero-order chi connectivity index (χ0) is 16.2. The zero-order valence-electron chi connectivity index (χ0n) is 12.7. The first-order valence-electron chi connectivity index (χ1n) is 7.23. The zero-order valence-corrected chi connectivity index (χ0v) is 12.7. The van der Waals surface area contributed by atoms with Crippen molar-refractivity contribution in [3.8, 4) is 0 Å². The molecule has 0 spiro atoms. The highest BCUT2D eigenvalue weighted by molar-refractivity contribution is 5.97. The Morgan fingerprint density at radius 2 is 2.26 bits per heavy atom. The highest BCUT2D eigenvalue weighted by Gasteiger charge is 2.24. The Bertz CT molecular complexity index is 714. The van der Waals surface area contributed by atoms with Crippen molar-refractivity contribution in [3.05, 3.63) is 36.2 Å². The lowest BCUT2D eigenvalue weighted by molar-refractivity contribution is -0.122. The van der Waals surface area contributed by atoms with Gasteiger partial charge in [-0.25, -0.2) is 4.68 Å². The number of carbonyl (C=O) groups is 2. The molecule has 8 nitrogen and oxygen atoms in total. The number of carbonyl (C=O) groups excluding carboxylic acids is 2. The van der Waals surface area contributed by atoms with Gasteiger partial charge in [-0.05, 0) is 30.2 Å². The maximum absolute atomic E-state index is 12.0. The Morgan fingerprint density at radius 3 is 3.00 bits per heavy atom. The Kier molecular flexibility index (Phi) is 4.33. The Labute approximate surface area is 133 Å². The summed E-state index contributed by atoms with van der Waals surface area (Å²) in [7, 11) is 1.50. The second-order valence-electron chi connectivity index (χ2n) is 5.22. The molecule has 8 heteroatoms. The molecule has 0 radical (unpaired) electrons. The van der Waals surface area contributed by atoms with Gasteiger partial charge in [0.2, 0.25) is 5.91 Å². The Balaban J connectivity index is 1.67. The first-order chi connectivity index (χ1) is 11.2. The van der Waals surface area contributed by atoms with Crippen molar-refractivity contribution in [2.24, 2.45) is 0 Å². The fourth-order valence-electron chi connectivity index (χ4n) is 2.60. The van der Waals surface area contributed by atoms with Gasteiger partial charge in [-0.2, -0.15) is 0 Å². The number of rotatable bonds is 5. The molecule has 3 rings (SSSR count). The van der Waals surface area contributed by atoms with Crippen LogP contribution in [0, 0.1) is 0 Å². The third kappa shape index (κ3) is 3.37. The number of nitrogens with one attached hydrogen (secondary N) is 1. The Hall–Kier alpha value is -2.74. The van der Waals surface area contributed by atoms with Gasteiger partial charge in [-0.3, -0.25) is 9.59 Å². The van der Waals surface area contributed by atoms with Crippen LogP contribution in [0.1, 0.15) is 5.56 Å². The van der Waals surface area contributed by atoms with Gasteiger partial charge >= 0.3 is 0 Å². The van der Waals surface area contributed by atoms with Crippen LogP contribution in [0.4, 0.5) is 11.4 Å². The fourth-order valence-corrected chi connectivity index (χ4v) is 2.60. The first-order valence-corrected chi connectivity index (χ1v) is 7.23. The van der Waals surface area contributed by atoms with Gasteiger partial charge in [-0.1, -0.05) is 5.21 Å². The van der Waals surface area contributed by atoms with E-state index < -0.39 is 0 Å². The highest BCUT2D eigenvalue weighted by Crippen LogP contribution is 2.30. The molecule has 1 N–H and O–H groups in total. The van der Waals surface area contributed by atoms with Crippen LogP contribution < -0.4 is 10.2 Å². The third-order valence-electron chi connectivity index (χ3n) is 3.61. The van der Waals surface area contributed by atoms with E-state index in [1.54, 1.807) is 17.2 Å². The smallest absolute Gasteiger partial charge is 0.252 e. The van der Waals surface area contributed by atoms with E-state index >= 15 is 0 Å². The largest absolute Gasteiger partial charge is 0.375 e. The van der Waals surface area contributed by atoms with Crippen LogP contribution in [0.2, 0.25) is 0 Å². The number of benzene rings is 1. The van der Waals surface area contributed by atoms with Gasteiger partial charge in [0.05, 0.1) is 6.20 Å². The van der Waals surface area contributed by atoms with Gasteiger partial charge in [0, 0.05) is 31.2 Å². The van der Waals surface area contributed by atoms with E-state index in [9.17, 15) is 9.59 Å². The number of amides is 2. The molecule has 120 valence electrons. The lowest BCUT2D eigenvalue weighted by atomic mass is 10.1. The summed E-state index contributed by atoms with van der Waals surface area (Å²) in [5.41, 5.74) is 2.62. The summed E-state index contributed by atoms with van der Waals surface area (Å²) in [5.74, 6) is -0.241. The molecule has 0 atom stereocenters. The van der Waals surface area contributed by atoms with Gasteiger partial charge < -0.3 is 15.0 Å². The SMILES string of the molecule is COCC(=O)N1CCc2cc(NC(=O)Cn3ccnn3)ccc21. The number of methoxy groups -OCH3 is 1. The molecule has 0 unspecified atom stereocenters. The van der Waals surface area contributed by atoms with Crippen molar-refractivity contribution < 1.29 is 14.3 Å². The van der Waals surface area contributed by atoms with Crippen molar-refractivity contribution in [3.63, 3.8) is 0 Å². The molecule has 0 saturated heterocycles. The maximum atomic E-state index is 12.0. The predicted octanol–water partition coefficient (Wildman–Crippen LogP) is 0.452. The predicted molar refractivity (Wildman–Crippen MR) is 83.0 cm³/mol. The summed E-state index contributed by atoms with van der Waals surface area (Å²) in [6.45, 7) is 0.805. The number of aromatic nitrogens is 3. The molecule has 0 fully saturated rings. The average Bonchev–Trinajstić information content (AvgIpc) is 3.16.